The third-order valence-corrected chi connectivity index (χ3v) is 6.15. The van der Waals surface area contributed by atoms with Gasteiger partial charge in [-0.2, -0.15) is 4.31 Å². The molecule has 1 atom stereocenters. The monoisotopic (exact) mass is 362 g/mol. The fourth-order valence-electron chi connectivity index (χ4n) is 2.93. The van der Waals surface area contributed by atoms with Crippen molar-refractivity contribution in [2.75, 3.05) is 11.9 Å². The molecule has 2 aromatic rings. The van der Waals surface area contributed by atoms with Gasteiger partial charge in [0.2, 0.25) is 15.9 Å². The SMILES string of the molecule is Cc1ccc(S(=O)(=O)N2CCC[C@@H]2C(=O)Nc2cccc(F)c2)cc1. The molecule has 3 rings (SSSR count). The maximum Gasteiger partial charge on any atom is 0.243 e. The van der Waals surface area contributed by atoms with Crippen LogP contribution in [0.1, 0.15) is 18.4 Å². The van der Waals surface area contributed by atoms with E-state index in [0.29, 0.717) is 18.5 Å². The molecule has 1 N–H and O–H groups in total. The summed E-state index contributed by atoms with van der Waals surface area (Å²) in [5, 5.41) is 2.60. The van der Waals surface area contributed by atoms with Crippen LogP contribution >= 0.6 is 0 Å². The van der Waals surface area contributed by atoms with Crippen LogP contribution in [0.5, 0.6) is 0 Å². The molecular formula is C18H19FN2O3S. The van der Waals surface area contributed by atoms with E-state index in [1.54, 1.807) is 30.3 Å². The van der Waals surface area contributed by atoms with Crippen LogP contribution < -0.4 is 5.32 Å². The van der Waals surface area contributed by atoms with Crippen molar-refractivity contribution in [1.82, 2.24) is 4.31 Å². The highest BCUT2D eigenvalue weighted by atomic mass is 32.2. The molecule has 0 aromatic heterocycles. The van der Waals surface area contributed by atoms with Crippen molar-refractivity contribution in [1.29, 1.82) is 0 Å². The lowest BCUT2D eigenvalue weighted by Crippen LogP contribution is -2.43. The zero-order valence-corrected chi connectivity index (χ0v) is 14.6. The molecule has 1 aliphatic heterocycles. The van der Waals surface area contributed by atoms with E-state index in [9.17, 15) is 17.6 Å². The molecule has 132 valence electrons. The first-order valence-electron chi connectivity index (χ1n) is 8.03. The Kier molecular flexibility index (Phi) is 4.87. The number of nitrogens with one attached hydrogen (secondary N) is 1. The first-order chi connectivity index (χ1) is 11.9. The van der Waals surface area contributed by atoms with Crippen LogP contribution in [-0.4, -0.2) is 31.2 Å². The summed E-state index contributed by atoms with van der Waals surface area (Å²) < 4.78 is 40.2. The molecule has 25 heavy (non-hydrogen) atoms. The Morgan fingerprint density at radius 2 is 1.92 bits per heavy atom. The molecule has 1 saturated heterocycles. The summed E-state index contributed by atoms with van der Waals surface area (Å²) in [5.41, 5.74) is 1.27. The predicted molar refractivity (Wildman–Crippen MR) is 93.1 cm³/mol. The van der Waals surface area contributed by atoms with Crippen molar-refractivity contribution in [3.05, 3.63) is 59.9 Å². The summed E-state index contributed by atoms with van der Waals surface area (Å²) >= 11 is 0. The van der Waals surface area contributed by atoms with Crippen molar-refractivity contribution in [2.24, 2.45) is 0 Å². The fraction of sp³-hybridized carbons (Fsp3) is 0.278. The summed E-state index contributed by atoms with van der Waals surface area (Å²) in [6, 6.07) is 11.3. The van der Waals surface area contributed by atoms with Gasteiger partial charge in [0.25, 0.3) is 0 Å². The number of hydrogen-bond acceptors (Lipinski definition) is 3. The standard InChI is InChI=1S/C18H19FN2O3S/c1-13-7-9-16(10-8-13)25(23,24)21-11-3-6-17(21)18(22)20-15-5-2-4-14(19)12-15/h2,4-5,7-10,12,17H,3,6,11H2,1H3,(H,20,22)/t17-/m1/s1. The minimum absolute atomic E-state index is 0.170. The number of amides is 1. The number of benzene rings is 2. The zero-order chi connectivity index (χ0) is 18.0. The molecule has 0 aliphatic carbocycles. The van der Waals surface area contributed by atoms with Gasteiger partial charge >= 0.3 is 0 Å². The summed E-state index contributed by atoms with van der Waals surface area (Å²) in [4.78, 5) is 12.7. The molecule has 0 radical (unpaired) electrons. The summed E-state index contributed by atoms with van der Waals surface area (Å²) in [5.74, 6) is -0.910. The average Bonchev–Trinajstić information content (AvgIpc) is 3.06. The van der Waals surface area contributed by atoms with Crippen molar-refractivity contribution in [2.45, 2.75) is 30.7 Å². The summed E-state index contributed by atoms with van der Waals surface area (Å²) in [7, 11) is -3.75. The van der Waals surface area contributed by atoms with Gasteiger partial charge in [-0.15, -0.1) is 0 Å². The lowest BCUT2D eigenvalue weighted by atomic mass is 10.2. The summed E-state index contributed by atoms with van der Waals surface area (Å²) in [6.07, 6.45) is 1.04. The highest BCUT2D eigenvalue weighted by Crippen LogP contribution is 2.27. The average molecular weight is 362 g/mol. The lowest BCUT2D eigenvalue weighted by molar-refractivity contribution is -0.119. The van der Waals surface area contributed by atoms with Crippen molar-refractivity contribution in [3.63, 3.8) is 0 Å². The van der Waals surface area contributed by atoms with Gasteiger partial charge in [-0.25, -0.2) is 12.8 Å². The molecule has 5 nitrogen and oxygen atoms in total. The Balaban J connectivity index is 1.82. The number of aryl methyl sites for hydroxylation is 1. The molecule has 7 heteroatoms. The molecule has 0 saturated carbocycles. The van der Waals surface area contributed by atoms with Crippen LogP contribution in [0.3, 0.4) is 0 Å². The van der Waals surface area contributed by atoms with Gasteiger partial charge in [-0.3, -0.25) is 4.79 Å². The molecule has 0 spiro atoms. The van der Waals surface area contributed by atoms with Gasteiger partial charge in [0, 0.05) is 12.2 Å². The maximum absolute atomic E-state index is 13.3. The van der Waals surface area contributed by atoms with E-state index in [1.165, 1.54) is 22.5 Å². The Morgan fingerprint density at radius 1 is 1.20 bits per heavy atom. The Labute approximate surface area is 146 Å². The largest absolute Gasteiger partial charge is 0.325 e. The smallest absolute Gasteiger partial charge is 0.243 e. The molecule has 2 aromatic carbocycles. The Morgan fingerprint density at radius 3 is 2.60 bits per heavy atom. The van der Waals surface area contributed by atoms with Crippen LogP contribution in [-0.2, 0) is 14.8 Å². The number of nitrogens with zero attached hydrogens (tertiary/aromatic N) is 1. The fourth-order valence-corrected chi connectivity index (χ4v) is 4.58. The number of carbonyl (C=O) groups is 1. The predicted octanol–water partition coefficient (Wildman–Crippen LogP) is 2.93. The Bertz CT molecular complexity index is 881. The van der Waals surface area contributed by atoms with Crippen molar-refractivity contribution >= 4 is 21.6 Å². The van der Waals surface area contributed by atoms with E-state index in [0.717, 1.165) is 5.56 Å². The number of halogens is 1. The highest BCUT2D eigenvalue weighted by molar-refractivity contribution is 7.89. The van der Waals surface area contributed by atoms with E-state index in [2.05, 4.69) is 5.32 Å². The molecule has 1 fully saturated rings. The van der Waals surface area contributed by atoms with Gasteiger partial charge in [0.15, 0.2) is 0 Å². The van der Waals surface area contributed by atoms with Crippen LogP contribution in [0.15, 0.2) is 53.4 Å². The van der Waals surface area contributed by atoms with E-state index in [4.69, 9.17) is 0 Å². The first-order valence-corrected chi connectivity index (χ1v) is 9.47. The van der Waals surface area contributed by atoms with Gasteiger partial charge in [0.1, 0.15) is 11.9 Å². The van der Waals surface area contributed by atoms with Crippen LogP contribution in [0.25, 0.3) is 0 Å². The second kappa shape index (κ2) is 6.93. The molecule has 1 heterocycles. The molecular weight excluding hydrogens is 343 g/mol. The van der Waals surface area contributed by atoms with Gasteiger partial charge in [-0.1, -0.05) is 23.8 Å². The van der Waals surface area contributed by atoms with Crippen molar-refractivity contribution < 1.29 is 17.6 Å². The van der Waals surface area contributed by atoms with E-state index >= 15 is 0 Å². The van der Waals surface area contributed by atoms with E-state index < -0.39 is 27.8 Å². The van der Waals surface area contributed by atoms with Gasteiger partial charge < -0.3 is 5.32 Å². The number of rotatable bonds is 4. The van der Waals surface area contributed by atoms with Crippen LogP contribution in [0, 0.1) is 12.7 Å². The molecule has 1 aliphatic rings. The third-order valence-electron chi connectivity index (χ3n) is 4.23. The normalized spacial score (nSPS) is 18.2. The number of sulfonamides is 1. The Hall–Kier alpha value is -2.25. The molecule has 0 bridgehead atoms. The van der Waals surface area contributed by atoms with Gasteiger partial charge in [0.05, 0.1) is 4.90 Å². The number of anilines is 1. The van der Waals surface area contributed by atoms with Crippen LogP contribution in [0.4, 0.5) is 10.1 Å². The quantitative estimate of drug-likeness (QED) is 0.909. The van der Waals surface area contributed by atoms with Crippen LogP contribution in [0.2, 0.25) is 0 Å². The summed E-state index contributed by atoms with van der Waals surface area (Å²) in [6.45, 7) is 2.17. The molecule has 0 unspecified atom stereocenters. The first kappa shape index (κ1) is 17.6. The molecule has 1 amide bonds. The highest BCUT2D eigenvalue weighted by Gasteiger charge is 2.39. The zero-order valence-electron chi connectivity index (χ0n) is 13.8. The number of hydrogen-bond donors (Lipinski definition) is 1. The van der Waals surface area contributed by atoms with E-state index in [1.807, 2.05) is 6.92 Å². The maximum atomic E-state index is 13.3. The second-order valence-corrected chi connectivity index (χ2v) is 7.98. The van der Waals surface area contributed by atoms with Crippen molar-refractivity contribution in [3.8, 4) is 0 Å². The third kappa shape index (κ3) is 3.72. The van der Waals surface area contributed by atoms with Gasteiger partial charge in [-0.05, 0) is 50.1 Å². The minimum Gasteiger partial charge on any atom is -0.325 e. The lowest BCUT2D eigenvalue weighted by Gasteiger charge is -2.23. The topological polar surface area (TPSA) is 66.5 Å². The second-order valence-electron chi connectivity index (χ2n) is 6.09. The number of carbonyl (C=O) groups excluding carboxylic acids is 1. The minimum atomic E-state index is -3.75. The van der Waals surface area contributed by atoms with E-state index in [-0.39, 0.29) is 11.4 Å².